The van der Waals surface area contributed by atoms with Crippen LogP contribution in [0.15, 0.2) is 71.9 Å². The van der Waals surface area contributed by atoms with E-state index < -0.39 is 17.3 Å². The number of aryl methyl sites for hydroxylation is 1. The number of aromatic nitrogens is 4. The number of carbonyl (C=O) groups is 2. The quantitative estimate of drug-likeness (QED) is 0.363. The molecule has 5 aromatic rings. The van der Waals surface area contributed by atoms with Crippen LogP contribution in [0.2, 0.25) is 0 Å². The highest BCUT2D eigenvalue weighted by atomic mass is 19.1. The molecule has 194 valence electrons. The molecule has 1 aliphatic carbocycles. The zero-order valence-corrected chi connectivity index (χ0v) is 20.9. The fourth-order valence-electron chi connectivity index (χ4n) is 5.10. The molecule has 0 saturated carbocycles. The summed E-state index contributed by atoms with van der Waals surface area (Å²) in [5.41, 5.74) is 9.48. The predicted molar refractivity (Wildman–Crippen MR) is 146 cm³/mol. The van der Waals surface area contributed by atoms with Gasteiger partial charge in [-0.3, -0.25) is 19.0 Å². The van der Waals surface area contributed by atoms with E-state index in [4.69, 9.17) is 5.73 Å². The monoisotopic (exact) mass is 522 g/mol. The number of hydrogen-bond donors (Lipinski definition) is 2. The first-order chi connectivity index (χ1) is 18.8. The van der Waals surface area contributed by atoms with Crippen molar-refractivity contribution in [2.24, 2.45) is 7.05 Å². The summed E-state index contributed by atoms with van der Waals surface area (Å²) in [6, 6.07) is 13.9. The van der Waals surface area contributed by atoms with Gasteiger partial charge in [0.2, 0.25) is 0 Å². The Bertz CT molecular complexity index is 1840. The average molecular weight is 523 g/mol. The van der Waals surface area contributed by atoms with Crippen LogP contribution in [0, 0.1) is 5.82 Å². The molecule has 6 rings (SSSR count). The van der Waals surface area contributed by atoms with Gasteiger partial charge in [-0.1, -0.05) is 12.1 Å². The Morgan fingerprint density at radius 3 is 2.49 bits per heavy atom. The number of nitrogens with one attached hydrogen (secondary N) is 1. The molecule has 0 unspecified atom stereocenters. The maximum absolute atomic E-state index is 13.6. The van der Waals surface area contributed by atoms with Crippen LogP contribution >= 0.6 is 0 Å². The molecule has 3 aromatic heterocycles. The van der Waals surface area contributed by atoms with Crippen molar-refractivity contribution >= 4 is 34.2 Å². The maximum Gasteiger partial charge on any atom is 0.268 e. The Morgan fingerprint density at radius 1 is 1.00 bits per heavy atom. The number of carbonyl (C=O) groups excluding carboxylic acids is 2. The van der Waals surface area contributed by atoms with Crippen molar-refractivity contribution in [1.82, 2.24) is 19.1 Å². The van der Waals surface area contributed by atoms with Crippen molar-refractivity contribution in [2.75, 3.05) is 11.1 Å². The lowest BCUT2D eigenvalue weighted by Crippen LogP contribution is -2.33. The second-order valence-electron chi connectivity index (χ2n) is 9.45. The predicted octanol–water partition coefficient (Wildman–Crippen LogP) is 4.28. The molecule has 0 radical (unpaired) electrons. The van der Waals surface area contributed by atoms with E-state index in [1.54, 1.807) is 12.1 Å². The van der Waals surface area contributed by atoms with Gasteiger partial charge < -0.3 is 15.6 Å². The first-order valence-electron chi connectivity index (χ1n) is 12.4. The summed E-state index contributed by atoms with van der Waals surface area (Å²) < 4.78 is 16.8. The van der Waals surface area contributed by atoms with Gasteiger partial charge in [-0.25, -0.2) is 14.4 Å². The number of nitrogens with two attached hydrogens (primary N) is 1. The number of ketones is 1. The fourth-order valence-corrected chi connectivity index (χ4v) is 5.10. The minimum Gasteiger partial charge on any atom is -0.383 e. The molecule has 1 aliphatic rings. The number of pyridine rings is 1. The van der Waals surface area contributed by atoms with Gasteiger partial charge in [0, 0.05) is 47.9 Å². The van der Waals surface area contributed by atoms with E-state index >= 15 is 0 Å². The number of fused-ring (bicyclic) bond motifs is 2. The van der Waals surface area contributed by atoms with Gasteiger partial charge in [-0.05, 0) is 60.9 Å². The lowest BCUT2D eigenvalue weighted by Gasteiger charge is -2.21. The zero-order valence-electron chi connectivity index (χ0n) is 20.9. The van der Waals surface area contributed by atoms with E-state index in [1.807, 2.05) is 29.9 Å². The number of hydrogen-bond acceptors (Lipinski definition) is 6. The van der Waals surface area contributed by atoms with Crippen molar-refractivity contribution < 1.29 is 14.0 Å². The lowest BCUT2D eigenvalue weighted by atomic mass is 9.92. The standard InChI is InChI=1S/C29H23FN6O3/c1-35-14-22(25-26(31)32-15-33-27(25)35)16-5-9-18(10-6-16)34-28(38)21-13-20-23(3-2-4-24(20)37)36(29(21)39)19-11-7-17(30)8-12-19/h5-15H,2-4H2,1H3,(H,34,38)(H2,31,32,33). The molecule has 39 heavy (non-hydrogen) atoms. The van der Waals surface area contributed by atoms with Gasteiger partial charge in [-0.15, -0.1) is 0 Å². The van der Waals surface area contributed by atoms with Crippen LogP contribution in [0.4, 0.5) is 15.9 Å². The van der Waals surface area contributed by atoms with Crippen LogP contribution in [-0.2, 0) is 13.5 Å². The Morgan fingerprint density at radius 2 is 1.74 bits per heavy atom. The van der Waals surface area contributed by atoms with E-state index in [2.05, 4.69) is 15.3 Å². The molecule has 0 saturated heterocycles. The molecule has 3 N–H and O–H groups in total. The summed E-state index contributed by atoms with van der Waals surface area (Å²) in [5, 5.41) is 3.50. The Labute approximate surface area is 221 Å². The van der Waals surface area contributed by atoms with E-state index in [9.17, 15) is 18.8 Å². The molecule has 10 heteroatoms. The molecule has 0 bridgehead atoms. The van der Waals surface area contributed by atoms with Gasteiger partial charge in [0.25, 0.3) is 11.5 Å². The number of halogens is 1. The van der Waals surface area contributed by atoms with Crippen molar-refractivity contribution in [2.45, 2.75) is 19.3 Å². The molecule has 9 nitrogen and oxygen atoms in total. The highest BCUT2D eigenvalue weighted by Crippen LogP contribution is 2.32. The average Bonchev–Trinajstić information content (AvgIpc) is 3.27. The van der Waals surface area contributed by atoms with E-state index in [0.29, 0.717) is 53.4 Å². The third-order valence-electron chi connectivity index (χ3n) is 6.99. The van der Waals surface area contributed by atoms with E-state index in [-0.39, 0.29) is 11.3 Å². The van der Waals surface area contributed by atoms with Crippen LogP contribution in [0.1, 0.15) is 39.3 Å². The van der Waals surface area contributed by atoms with Crippen LogP contribution < -0.4 is 16.6 Å². The normalized spacial score (nSPS) is 12.9. The molecule has 0 fully saturated rings. The number of benzene rings is 2. The third kappa shape index (κ3) is 4.15. The molecule has 2 aromatic carbocycles. The van der Waals surface area contributed by atoms with Crippen LogP contribution in [0.3, 0.4) is 0 Å². The zero-order chi connectivity index (χ0) is 27.3. The molecular formula is C29H23FN6O3. The minimum atomic E-state index is -0.646. The van der Waals surface area contributed by atoms with Gasteiger partial charge in [-0.2, -0.15) is 0 Å². The molecule has 1 amide bonds. The number of nitrogen functional groups attached to an aromatic ring is 1. The Balaban J connectivity index is 1.36. The van der Waals surface area contributed by atoms with Gasteiger partial charge in [0.15, 0.2) is 5.78 Å². The summed E-state index contributed by atoms with van der Waals surface area (Å²) in [6.07, 6.45) is 4.75. The van der Waals surface area contributed by atoms with Crippen molar-refractivity contribution in [3.63, 3.8) is 0 Å². The van der Waals surface area contributed by atoms with Gasteiger partial charge in [0.1, 0.15) is 29.2 Å². The Hall–Kier alpha value is -5.12. The van der Waals surface area contributed by atoms with Crippen LogP contribution in [0.25, 0.3) is 27.8 Å². The maximum atomic E-state index is 13.6. The summed E-state index contributed by atoms with van der Waals surface area (Å²) in [5.74, 6) is -0.864. The number of Topliss-reactive ketones (excluding diaryl/α,β-unsaturated/α-hetero) is 1. The Kier molecular flexibility index (Phi) is 5.79. The molecular weight excluding hydrogens is 499 g/mol. The number of rotatable bonds is 4. The second kappa shape index (κ2) is 9.32. The van der Waals surface area contributed by atoms with Gasteiger partial charge in [0.05, 0.1) is 5.39 Å². The van der Waals surface area contributed by atoms with Crippen LogP contribution in [-0.4, -0.2) is 30.8 Å². The fraction of sp³-hybridized carbons (Fsp3) is 0.138. The second-order valence-corrected chi connectivity index (χ2v) is 9.45. The number of anilines is 2. The van der Waals surface area contributed by atoms with E-state index in [0.717, 1.165) is 16.5 Å². The SMILES string of the molecule is Cn1cc(-c2ccc(NC(=O)c3cc4c(n(-c5ccc(F)cc5)c3=O)CCCC4=O)cc2)c2c(N)ncnc21. The van der Waals surface area contributed by atoms with Gasteiger partial charge >= 0.3 is 0 Å². The molecule has 0 aliphatic heterocycles. The van der Waals surface area contributed by atoms with Crippen molar-refractivity contribution in [1.29, 1.82) is 0 Å². The minimum absolute atomic E-state index is 0.135. The molecule has 0 spiro atoms. The lowest BCUT2D eigenvalue weighted by molar-refractivity contribution is 0.0971. The van der Waals surface area contributed by atoms with Crippen LogP contribution in [0.5, 0.6) is 0 Å². The summed E-state index contributed by atoms with van der Waals surface area (Å²) >= 11 is 0. The third-order valence-corrected chi connectivity index (χ3v) is 6.99. The number of amides is 1. The topological polar surface area (TPSA) is 125 Å². The highest BCUT2D eigenvalue weighted by molar-refractivity contribution is 6.07. The first-order valence-corrected chi connectivity index (χ1v) is 12.4. The molecule has 3 heterocycles. The van der Waals surface area contributed by atoms with E-state index in [1.165, 1.54) is 41.2 Å². The highest BCUT2D eigenvalue weighted by Gasteiger charge is 2.26. The summed E-state index contributed by atoms with van der Waals surface area (Å²) in [6.45, 7) is 0. The first kappa shape index (κ1) is 24.2. The molecule has 0 atom stereocenters. The van der Waals surface area contributed by atoms with Crippen molar-refractivity contribution in [3.8, 4) is 16.8 Å². The van der Waals surface area contributed by atoms with Crippen molar-refractivity contribution in [3.05, 3.63) is 100 Å². The smallest absolute Gasteiger partial charge is 0.268 e. The summed E-state index contributed by atoms with van der Waals surface area (Å²) in [4.78, 5) is 48.0. The summed E-state index contributed by atoms with van der Waals surface area (Å²) in [7, 11) is 1.87. The largest absolute Gasteiger partial charge is 0.383 e. The number of nitrogens with zero attached hydrogens (tertiary/aromatic N) is 4.